The topological polar surface area (TPSA) is 88.3 Å². The van der Waals surface area contributed by atoms with Crippen LogP contribution in [0, 0.1) is 5.92 Å². The first kappa shape index (κ1) is 21.4. The molecule has 0 aliphatic rings. The molecule has 0 bridgehead atoms. The third kappa shape index (κ3) is 4.49. The minimum atomic E-state index is -4.50. The number of nitrogens with zero attached hydrogens (tertiary/aromatic N) is 4. The van der Waals surface area contributed by atoms with Gasteiger partial charge in [-0.3, -0.25) is 9.59 Å². The van der Waals surface area contributed by atoms with Gasteiger partial charge in [0.2, 0.25) is 0 Å². The van der Waals surface area contributed by atoms with Crippen LogP contribution in [-0.2, 0) is 11.0 Å². The van der Waals surface area contributed by atoms with Gasteiger partial charge in [0.25, 0.3) is 5.91 Å². The Bertz CT molecular complexity index is 860. The number of carboxylic acid groups (broad SMARTS) is 1. The number of hydrogen-bond acceptors (Lipinski definition) is 4. The SMILES string of the molecule is CC(CN(C)C(=O)c1cnn(-c2ccc(C(F)(F)F)cn2)c1C(C)C)C(=O)O. The van der Waals surface area contributed by atoms with Crippen LogP contribution in [0.1, 0.15) is 48.3 Å². The second kappa shape index (κ2) is 7.99. The van der Waals surface area contributed by atoms with Crippen molar-refractivity contribution in [3.05, 3.63) is 41.3 Å². The van der Waals surface area contributed by atoms with Crippen molar-refractivity contribution < 1.29 is 27.9 Å². The Morgan fingerprint density at radius 1 is 1.21 bits per heavy atom. The number of alkyl halides is 3. The molecule has 0 saturated carbocycles. The molecule has 0 aliphatic heterocycles. The molecule has 0 spiro atoms. The van der Waals surface area contributed by atoms with Gasteiger partial charge in [0.1, 0.15) is 0 Å². The highest BCUT2D eigenvalue weighted by Crippen LogP contribution is 2.29. The summed E-state index contributed by atoms with van der Waals surface area (Å²) in [5, 5.41) is 13.1. The first-order chi connectivity index (χ1) is 12.9. The van der Waals surface area contributed by atoms with Gasteiger partial charge in [0, 0.05) is 19.8 Å². The van der Waals surface area contributed by atoms with Crippen LogP contribution in [0.3, 0.4) is 0 Å². The number of halogens is 3. The van der Waals surface area contributed by atoms with Crippen molar-refractivity contribution in [1.82, 2.24) is 19.7 Å². The highest BCUT2D eigenvalue weighted by Gasteiger charge is 2.31. The smallest absolute Gasteiger partial charge is 0.417 e. The number of rotatable bonds is 6. The van der Waals surface area contributed by atoms with Crippen molar-refractivity contribution in [2.45, 2.75) is 32.9 Å². The summed E-state index contributed by atoms with van der Waals surface area (Å²) < 4.78 is 39.5. The molecular weight excluding hydrogens is 377 g/mol. The van der Waals surface area contributed by atoms with Crippen LogP contribution in [0.25, 0.3) is 5.82 Å². The van der Waals surface area contributed by atoms with E-state index in [0.29, 0.717) is 11.9 Å². The molecule has 152 valence electrons. The van der Waals surface area contributed by atoms with Crippen molar-refractivity contribution in [3.8, 4) is 5.82 Å². The zero-order chi connectivity index (χ0) is 21.2. The number of hydrogen-bond donors (Lipinski definition) is 1. The van der Waals surface area contributed by atoms with E-state index >= 15 is 0 Å². The number of aromatic nitrogens is 3. The summed E-state index contributed by atoms with van der Waals surface area (Å²) in [6, 6.07) is 2.09. The molecule has 10 heteroatoms. The second-order valence-electron chi connectivity index (χ2n) is 6.84. The van der Waals surface area contributed by atoms with Crippen LogP contribution in [-0.4, -0.2) is 50.2 Å². The van der Waals surface area contributed by atoms with Crippen molar-refractivity contribution in [3.63, 3.8) is 0 Å². The first-order valence-electron chi connectivity index (χ1n) is 8.53. The maximum absolute atomic E-state index is 12.8. The van der Waals surface area contributed by atoms with E-state index < -0.39 is 29.5 Å². The Morgan fingerprint density at radius 2 is 1.86 bits per heavy atom. The first-order valence-corrected chi connectivity index (χ1v) is 8.53. The monoisotopic (exact) mass is 398 g/mol. The van der Waals surface area contributed by atoms with Gasteiger partial charge < -0.3 is 10.0 Å². The summed E-state index contributed by atoms with van der Waals surface area (Å²) in [6.07, 6.45) is -2.47. The number of carbonyl (C=O) groups is 2. The third-order valence-corrected chi connectivity index (χ3v) is 4.19. The molecule has 1 amide bonds. The van der Waals surface area contributed by atoms with Crippen LogP contribution in [0.4, 0.5) is 13.2 Å². The summed E-state index contributed by atoms with van der Waals surface area (Å²) >= 11 is 0. The largest absolute Gasteiger partial charge is 0.481 e. The standard InChI is InChI=1S/C18H21F3N4O3/c1-10(2)15-13(16(26)24(4)9-11(3)17(27)28)8-23-25(15)14-6-5-12(7-22-14)18(19,20)21/h5-8,10-11H,9H2,1-4H3,(H,27,28). The van der Waals surface area contributed by atoms with Gasteiger partial charge in [0.05, 0.1) is 28.9 Å². The van der Waals surface area contributed by atoms with Gasteiger partial charge in [-0.1, -0.05) is 20.8 Å². The van der Waals surface area contributed by atoms with E-state index in [-0.39, 0.29) is 23.8 Å². The normalized spacial score (nSPS) is 12.9. The molecule has 28 heavy (non-hydrogen) atoms. The summed E-state index contributed by atoms with van der Waals surface area (Å²) in [7, 11) is 1.49. The maximum Gasteiger partial charge on any atom is 0.417 e. The molecule has 0 aliphatic carbocycles. The van der Waals surface area contributed by atoms with Gasteiger partial charge >= 0.3 is 12.1 Å². The average Bonchev–Trinajstić information content (AvgIpc) is 3.05. The molecule has 1 N–H and O–H groups in total. The van der Waals surface area contributed by atoms with E-state index in [1.807, 2.05) is 13.8 Å². The number of amides is 1. The highest BCUT2D eigenvalue weighted by atomic mass is 19.4. The predicted molar refractivity (Wildman–Crippen MR) is 94.2 cm³/mol. The molecule has 0 aromatic carbocycles. The number of carbonyl (C=O) groups excluding carboxylic acids is 1. The molecule has 2 rings (SSSR count). The molecule has 0 saturated heterocycles. The van der Waals surface area contributed by atoms with Crippen molar-refractivity contribution >= 4 is 11.9 Å². The Balaban J connectivity index is 2.38. The Kier molecular flexibility index (Phi) is 6.10. The fourth-order valence-corrected chi connectivity index (χ4v) is 2.72. The molecule has 2 aromatic heterocycles. The number of pyridine rings is 1. The molecule has 1 atom stereocenters. The van der Waals surface area contributed by atoms with Crippen LogP contribution in [0.15, 0.2) is 24.5 Å². The molecule has 0 fully saturated rings. The van der Waals surface area contributed by atoms with Gasteiger partial charge in [-0.25, -0.2) is 9.67 Å². The van der Waals surface area contributed by atoms with Gasteiger partial charge in [-0.05, 0) is 18.1 Å². The molecular formula is C18H21F3N4O3. The minimum absolute atomic E-state index is 0.00934. The zero-order valence-corrected chi connectivity index (χ0v) is 15.9. The summed E-state index contributed by atoms with van der Waals surface area (Å²) in [5.74, 6) is -2.22. The van der Waals surface area contributed by atoms with Crippen molar-refractivity contribution in [2.75, 3.05) is 13.6 Å². The fraction of sp³-hybridized carbons (Fsp3) is 0.444. The lowest BCUT2D eigenvalue weighted by Crippen LogP contribution is -2.34. The molecule has 7 nitrogen and oxygen atoms in total. The zero-order valence-electron chi connectivity index (χ0n) is 15.9. The molecule has 1 unspecified atom stereocenters. The quantitative estimate of drug-likeness (QED) is 0.807. The summed E-state index contributed by atoms with van der Waals surface area (Å²) in [6.45, 7) is 5.13. The van der Waals surface area contributed by atoms with E-state index in [4.69, 9.17) is 5.11 Å². The van der Waals surface area contributed by atoms with Crippen LogP contribution < -0.4 is 0 Å². The van der Waals surface area contributed by atoms with Gasteiger partial charge in [0.15, 0.2) is 5.82 Å². The van der Waals surface area contributed by atoms with Crippen LogP contribution >= 0.6 is 0 Å². The Labute approximate surface area is 159 Å². The molecule has 0 radical (unpaired) electrons. The summed E-state index contributed by atoms with van der Waals surface area (Å²) in [5.41, 5.74) is -0.155. The number of aliphatic carboxylic acids is 1. The van der Waals surface area contributed by atoms with Crippen molar-refractivity contribution in [2.24, 2.45) is 5.92 Å². The van der Waals surface area contributed by atoms with E-state index in [1.165, 1.54) is 35.8 Å². The Morgan fingerprint density at radius 3 is 2.32 bits per heavy atom. The van der Waals surface area contributed by atoms with E-state index in [9.17, 15) is 22.8 Å². The second-order valence-corrected chi connectivity index (χ2v) is 6.84. The lowest BCUT2D eigenvalue weighted by atomic mass is 10.0. The van der Waals surface area contributed by atoms with E-state index in [2.05, 4.69) is 10.1 Å². The Hall–Kier alpha value is -2.91. The van der Waals surface area contributed by atoms with Crippen molar-refractivity contribution in [1.29, 1.82) is 0 Å². The molecule has 2 heterocycles. The predicted octanol–water partition coefficient (Wildman–Crippen LogP) is 3.20. The van der Waals surface area contributed by atoms with Gasteiger partial charge in [-0.15, -0.1) is 0 Å². The van der Waals surface area contributed by atoms with E-state index in [0.717, 1.165) is 6.07 Å². The maximum atomic E-state index is 12.8. The van der Waals surface area contributed by atoms with Gasteiger partial charge in [-0.2, -0.15) is 18.3 Å². The fourth-order valence-electron chi connectivity index (χ4n) is 2.72. The highest BCUT2D eigenvalue weighted by molar-refractivity contribution is 5.95. The minimum Gasteiger partial charge on any atom is -0.481 e. The van der Waals surface area contributed by atoms with Crippen LogP contribution in [0.5, 0.6) is 0 Å². The molecule has 2 aromatic rings. The summed E-state index contributed by atoms with van der Waals surface area (Å²) in [4.78, 5) is 28.9. The number of carboxylic acids is 1. The van der Waals surface area contributed by atoms with Crippen LogP contribution in [0.2, 0.25) is 0 Å². The van der Waals surface area contributed by atoms with E-state index in [1.54, 1.807) is 0 Å². The lowest BCUT2D eigenvalue weighted by molar-refractivity contribution is -0.141. The average molecular weight is 398 g/mol. The third-order valence-electron chi connectivity index (χ3n) is 4.19. The lowest BCUT2D eigenvalue weighted by Gasteiger charge is -2.20.